The van der Waals surface area contributed by atoms with E-state index in [-0.39, 0.29) is 12.6 Å². The summed E-state index contributed by atoms with van der Waals surface area (Å²) in [5.74, 6) is 1.84. The molecule has 0 radical (unpaired) electrons. The van der Waals surface area contributed by atoms with Crippen molar-refractivity contribution in [3.05, 3.63) is 54.4 Å². The van der Waals surface area contributed by atoms with Gasteiger partial charge in [0.2, 0.25) is 11.7 Å². The van der Waals surface area contributed by atoms with Gasteiger partial charge >= 0.3 is 6.01 Å². The third-order valence-electron chi connectivity index (χ3n) is 5.40. The maximum Gasteiger partial charge on any atom is 0.322 e. The molecule has 2 aromatic heterocycles. The van der Waals surface area contributed by atoms with Crippen LogP contribution in [-0.4, -0.2) is 54.1 Å². The summed E-state index contributed by atoms with van der Waals surface area (Å²) in [6.07, 6.45) is 3.28. The number of nitrogens with two attached hydrogens (primary N) is 1. The highest BCUT2D eigenvalue weighted by Gasteiger charge is 2.19. The van der Waals surface area contributed by atoms with Crippen molar-refractivity contribution < 1.29 is 28.5 Å². The minimum Gasteiger partial charge on any atom is -0.497 e. The van der Waals surface area contributed by atoms with E-state index in [1.54, 1.807) is 37.7 Å². The molecular formula is C26H27N5O6. The van der Waals surface area contributed by atoms with Gasteiger partial charge in [-0.1, -0.05) is 0 Å². The maximum atomic E-state index is 11.6. The summed E-state index contributed by atoms with van der Waals surface area (Å²) in [5.41, 5.74) is 8.98. The highest BCUT2D eigenvalue weighted by molar-refractivity contribution is 5.80. The topological polar surface area (TPSA) is 133 Å². The van der Waals surface area contributed by atoms with E-state index in [4.69, 9.17) is 29.4 Å². The number of methoxy groups -OCH3 is 4. The number of primary amides is 1. The van der Waals surface area contributed by atoms with Crippen LogP contribution in [0.5, 0.6) is 34.8 Å². The van der Waals surface area contributed by atoms with Gasteiger partial charge in [-0.25, -0.2) is 4.98 Å². The van der Waals surface area contributed by atoms with Crippen LogP contribution < -0.4 is 29.4 Å². The molecule has 0 atom stereocenters. The van der Waals surface area contributed by atoms with Gasteiger partial charge in [0.1, 0.15) is 23.7 Å². The lowest BCUT2D eigenvalue weighted by Crippen LogP contribution is -2.18. The molecule has 4 aromatic rings. The Bertz CT molecular complexity index is 1410. The first-order chi connectivity index (χ1) is 17.8. The molecule has 0 aliphatic heterocycles. The van der Waals surface area contributed by atoms with Crippen molar-refractivity contribution in [3.8, 4) is 57.3 Å². The number of hydrogen-bond donors (Lipinski definition) is 1. The molecule has 2 aromatic carbocycles. The second-order valence-electron chi connectivity index (χ2n) is 7.98. The van der Waals surface area contributed by atoms with Gasteiger partial charge in [0, 0.05) is 35.7 Å². The fraction of sp³-hybridized carbons (Fsp3) is 0.231. The van der Waals surface area contributed by atoms with Gasteiger partial charge in [-0.2, -0.15) is 10.1 Å². The molecule has 2 heterocycles. The fourth-order valence-corrected chi connectivity index (χ4v) is 3.83. The first-order valence-corrected chi connectivity index (χ1v) is 11.2. The van der Waals surface area contributed by atoms with E-state index in [0.29, 0.717) is 45.7 Å². The average molecular weight is 506 g/mol. The number of hydrogen-bond acceptors (Lipinski definition) is 9. The second-order valence-corrected chi connectivity index (χ2v) is 7.98. The summed E-state index contributed by atoms with van der Waals surface area (Å²) >= 11 is 0. The zero-order valence-electron chi connectivity index (χ0n) is 21.1. The maximum absolute atomic E-state index is 11.6. The van der Waals surface area contributed by atoms with Gasteiger partial charge in [-0.3, -0.25) is 9.48 Å². The van der Waals surface area contributed by atoms with Crippen molar-refractivity contribution in [2.75, 3.05) is 28.4 Å². The number of amides is 1. The van der Waals surface area contributed by atoms with E-state index in [0.717, 1.165) is 11.1 Å². The van der Waals surface area contributed by atoms with E-state index in [2.05, 4.69) is 15.1 Å². The Morgan fingerprint density at radius 2 is 1.68 bits per heavy atom. The highest BCUT2D eigenvalue weighted by Crippen LogP contribution is 2.42. The number of aromatic nitrogens is 4. The van der Waals surface area contributed by atoms with Gasteiger partial charge in [-0.15, -0.1) is 0 Å². The van der Waals surface area contributed by atoms with Crippen LogP contribution in [-0.2, 0) is 11.3 Å². The summed E-state index contributed by atoms with van der Waals surface area (Å²) in [6, 6.07) is 10.8. The lowest BCUT2D eigenvalue weighted by molar-refractivity contribution is -0.118. The largest absolute Gasteiger partial charge is 0.497 e. The molecule has 0 fully saturated rings. The Kier molecular flexibility index (Phi) is 7.42. The third kappa shape index (κ3) is 5.56. The predicted molar refractivity (Wildman–Crippen MR) is 135 cm³/mol. The van der Waals surface area contributed by atoms with E-state index < -0.39 is 5.91 Å². The van der Waals surface area contributed by atoms with Crippen molar-refractivity contribution >= 4 is 5.91 Å². The van der Waals surface area contributed by atoms with Gasteiger partial charge in [0.05, 0.1) is 34.1 Å². The monoisotopic (exact) mass is 505 g/mol. The van der Waals surface area contributed by atoms with Crippen LogP contribution in [0.15, 0.2) is 48.8 Å². The van der Waals surface area contributed by atoms with Gasteiger partial charge in [0.15, 0.2) is 11.5 Å². The van der Waals surface area contributed by atoms with Gasteiger partial charge < -0.3 is 29.4 Å². The SMILES string of the molecule is COc1cc(C)cc(-c2nn(CC(N)=O)cc2-c2ccnc(Oc3cc(OC)c(OC)c(OC)c3)n2)c1. The van der Waals surface area contributed by atoms with Gasteiger partial charge in [0.25, 0.3) is 0 Å². The van der Waals surface area contributed by atoms with E-state index in [9.17, 15) is 4.79 Å². The van der Waals surface area contributed by atoms with Crippen molar-refractivity contribution in [1.29, 1.82) is 0 Å². The summed E-state index contributed by atoms with van der Waals surface area (Å²) in [4.78, 5) is 20.4. The minimum atomic E-state index is -0.517. The molecule has 37 heavy (non-hydrogen) atoms. The highest BCUT2D eigenvalue weighted by atomic mass is 16.5. The Balaban J connectivity index is 1.76. The van der Waals surface area contributed by atoms with Crippen LogP contribution in [0.2, 0.25) is 0 Å². The molecule has 0 saturated heterocycles. The van der Waals surface area contributed by atoms with E-state index in [1.807, 2.05) is 25.1 Å². The van der Waals surface area contributed by atoms with Crippen molar-refractivity contribution in [3.63, 3.8) is 0 Å². The van der Waals surface area contributed by atoms with Crippen molar-refractivity contribution in [2.24, 2.45) is 5.73 Å². The zero-order chi connectivity index (χ0) is 26.5. The second kappa shape index (κ2) is 10.9. The number of rotatable bonds is 10. The Hall–Kier alpha value is -4.80. The summed E-state index contributed by atoms with van der Waals surface area (Å²) < 4.78 is 29.0. The van der Waals surface area contributed by atoms with Crippen LogP contribution in [0.1, 0.15) is 5.56 Å². The number of carbonyl (C=O) groups is 1. The summed E-state index contributed by atoms with van der Waals surface area (Å²) in [5, 5.41) is 4.60. The first-order valence-electron chi connectivity index (χ1n) is 11.2. The summed E-state index contributed by atoms with van der Waals surface area (Å²) in [6.45, 7) is 1.87. The van der Waals surface area contributed by atoms with Crippen molar-refractivity contribution in [2.45, 2.75) is 13.5 Å². The Morgan fingerprint density at radius 1 is 0.946 bits per heavy atom. The summed E-state index contributed by atoms with van der Waals surface area (Å²) in [7, 11) is 6.16. The molecule has 0 aliphatic rings. The molecule has 11 heteroatoms. The van der Waals surface area contributed by atoms with Crippen LogP contribution in [0, 0.1) is 6.92 Å². The standard InChI is InChI=1S/C26H27N5O6/c1-15-8-16(10-17(9-15)33-2)24-19(13-31(30-24)14-23(27)32)20-6-7-28-26(29-20)37-18-11-21(34-3)25(36-5)22(12-18)35-4/h6-13H,14H2,1-5H3,(H2,27,32). The van der Waals surface area contributed by atoms with Crippen LogP contribution in [0.4, 0.5) is 0 Å². The third-order valence-corrected chi connectivity index (χ3v) is 5.40. The number of aryl methyl sites for hydroxylation is 1. The molecule has 0 bridgehead atoms. The molecule has 11 nitrogen and oxygen atoms in total. The molecule has 0 spiro atoms. The smallest absolute Gasteiger partial charge is 0.322 e. The minimum absolute atomic E-state index is 0.0854. The molecular weight excluding hydrogens is 478 g/mol. The van der Waals surface area contributed by atoms with Crippen LogP contribution in [0.3, 0.4) is 0 Å². The lowest BCUT2D eigenvalue weighted by atomic mass is 10.0. The lowest BCUT2D eigenvalue weighted by Gasteiger charge is -2.14. The van der Waals surface area contributed by atoms with Crippen molar-refractivity contribution in [1.82, 2.24) is 19.7 Å². The number of ether oxygens (including phenoxy) is 5. The van der Waals surface area contributed by atoms with E-state index >= 15 is 0 Å². The van der Waals surface area contributed by atoms with Crippen LogP contribution in [0.25, 0.3) is 22.5 Å². The molecule has 0 saturated carbocycles. The molecule has 0 aliphatic carbocycles. The quantitative estimate of drug-likeness (QED) is 0.343. The molecule has 1 amide bonds. The Labute approximate surface area is 213 Å². The number of carbonyl (C=O) groups excluding carboxylic acids is 1. The fourth-order valence-electron chi connectivity index (χ4n) is 3.83. The number of nitrogens with zero attached hydrogens (tertiary/aromatic N) is 4. The Morgan fingerprint density at radius 3 is 2.30 bits per heavy atom. The normalized spacial score (nSPS) is 10.6. The molecule has 0 unspecified atom stereocenters. The average Bonchev–Trinajstić information content (AvgIpc) is 3.31. The van der Waals surface area contributed by atoms with E-state index in [1.165, 1.54) is 26.0 Å². The molecule has 192 valence electrons. The zero-order valence-corrected chi connectivity index (χ0v) is 21.1. The first kappa shape index (κ1) is 25.3. The van der Waals surface area contributed by atoms with Gasteiger partial charge in [-0.05, 0) is 36.8 Å². The number of benzene rings is 2. The predicted octanol–water partition coefficient (Wildman–Crippen LogP) is 3.63. The molecule has 4 rings (SSSR count). The van der Waals surface area contributed by atoms with Crippen LogP contribution >= 0.6 is 0 Å². The molecule has 2 N–H and O–H groups in total.